The normalized spacial score (nSPS) is 12.1. The molecule has 1 amide bonds. The van der Waals surface area contributed by atoms with Crippen molar-refractivity contribution in [1.29, 1.82) is 0 Å². The van der Waals surface area contributed by atoms with Crippen LogP contribution in [0.2, 0.25) is 0 Å². The number of anilines is 2. The van der Waals surface area contributed by atoms with Crippen molar-refractivity contribution in [3.63, 3.8) is 0 Å². The Morgan fingerprint density at radius 3 is 2.20 bits per heavy atom. The number of nitrogens with zero attached hydrogens (tertiary/aromatic N) is 2. The Bertz CT molecular complexity index is 1410. The van der Waals surface area contributed by atoms with Gasteiger partial charge in [-0.3, -0.25) is 9.52 Å². The van der Waals surface area contributed by atoms with Gasteiger partial charge >= 0.3 is 0 Å². The van der Waals surface area contributed by atoms with Gasteiger partial charge in [0.1, 0.15) is 35.3 Å². The molecule has 1 atom stereocenters. The zero-order valence-electron chi connectivity index (χ0n) is 23.9. The molecule has 0 fully saturated rings. The third-order valence-corrected chi connectivity index (χ3v) is 6.87. The number of carbonyl (C=O) groups is 1. The third kappa shape index (κ3) is 9.00. The summed E-state index contributed by atoms with van der Waals surface area (Å²) in [5.74, 6) is -0.149. The lowest BCUT2D eigenvalue weighted by Crippen LogP contribution is -2.46. The van der Waals surface area contributed by atoms with Crippen LogP contribution in [0, 0.1) is 0 Å². The second-order valence-corrected chi connectivity index (χ2v) is 11.6. The molecule has 11 nitrogen and oxygen atoms in total. The van der Waals surface area contributed by atoms with E-state index < -0.39 is 21.7 Å². The number of benzene rings is 3. The summed E-state index contributed by atoms with van der Waals surface area (Å²) in [5, 5.41) is 22.1. The van der Waals surface area contributed by atoms with E-state index in [9.17, 15) is 23.4 Å². The monoisotopic (exact) mass is 586 g/mol. The van der Waals surface area contributed by atoms with Gasteiger partial charge in [-0.1, -0.05) is 18.2 Å². The first-order chi connectivity index (χ1) is 19.4. The number of amides is 1. The van der Waals surface area contributed by atoms with E-state index in [0.29, 0.717) is 29.4 Å². The summed E-state index contributed by atoms with van der Waals surface area (Å²) in [7, 11) is 1.77. The van der Waals surface area contributed by atoms with E-state index in [1.807, 2.05) is 38.1 Å². The van der Waals surface area contributed by atoms with E-state index in [2.05, 4.69) is 10.1 Å². The number of methoxy groups -OCH3 is 1. The van der Waals surface area contributed by atoms with Gasteiger partial charge in [0.25, 0.3) is 0 Å². The Morgan fingerprint density at radius 2 is 1.61 bits per heavy atom. The zero-order chi connectivity index (χ0) is 30.2. The Labute approximate surface area is 241 Å². The minimum absolute atomic E-state index is 0.207. The van der Waals surface area contributed by atoms with Gasteiger partial charge in [0.15, 0.2) is 0 Å². The summed E-state index contributed by atoms with van der Waals surface area (Å²) in [4.78, 5) is 15.8. The highest BCUT2D eigenvalue weighted by molar-refractivity contribution is 7.92. The number of carbonyl (C=O) groups excluding carboxylic acids is 1. The molecule has 1 unspecified atom stereocenters. The fraction of sp³-hybridized carbons (Fsp3) is 0.345. The summed E-state index contributed by atoms with van der Waals surface area (Å²) < 4.78 is 36.5. The van der Waals surface area contributed by atoms with Crippen molar-refractivity contribution in [1.82, 2.24) is 10.3 Å². The van der Waals surface area contributed by atoms with Crippen molar-refractivity contribution in [2.75, 3.05) is 56.9 Å². The molecule has 0 aliphatic heterocycles. The van der Waals surface area contributed by atoms with Crippen molar-refractivity contribution in [3.8, 4) is 23.0 Å². The lowest BCUT2D eigenvalue weighted by molar-refractivity contribution is -0.120. The maximum absolute atomic E-state index is 13.7. The summed E-state index contributed by atoms with van der Waals surface area (Å²) in [6.45, 7) is 3.30. The number of hydrazine groups is 1. The largest absolute Gasteiger partial charge is 0.506 e. The van der Waals surface area contributed by atoms with Crippen LogP contribution in [0.5, 0.6) is 23.0 Å². The molecular formula is C29H38N4O7S. The number of rotatable bonds is 14. The number of nitrogens with one attached hydrogen (secondary N) is 2. The Kier molecular flexibility index (Phi) is 10.8. The number of sulfonamides is 1. The topological polar surface area (TPSA) is 141 Å². The predicted molar refractivity (Wildman–Crippen MR) is 159 cm³/mol. The molecule has 0 bridgehead atoms. The second-order valence-electron chi connectivity index (χ2n) is 9.81. The summed E-state index contributed by atoms with van der Waals surface area (Å²) in [6, 6.07) is 17.2. The van der Waals surface area contributed by atoms with Crippen LogP contribution in [0.4, 0.5) is 11.4 Å². The highest BCUT2D eigenvalue weighted by Gasteiger charge is 2.24. The van der Waals surface area contributed by atoms with Crippen LogP contribution in [0.3, 0.4) is 0 Å². The lowest BCUT2D eigenvalue weighted by Gasteiger charge is -2.27. The van der Waals surface area contributed by atoms with Crippen LogP contribution in [0.15, 0.2) is 60.7 Å². The molecule has 0 saturated heterocycles. The maximum Gasteiger partial charge on any atom is 0.248 e. The average Bonchev–Trinajstić information content (AvgIpc) is 2.93. The summed E-state index contributed by atoms with van der Waals surface area (Å²) in [5.41, 5.74) is 4.62. The van der Waals surface area contributed by atoms with Crippen LogP contribution in [-0.2, 0) is 21.2 Å². The predicted octanol–water partition coefficient (Wildman–Crippen LogP) is 3.30. The molecule has 4 N–H and O–H groups in total. The van der Waals surface area contributed by atoms with Crippen molar-refractivity contribution >= 4 is 27.3 Å². The smallest absolute Gasteiger partial charge is 0.248 e. The first-order valence-corrected chi connectivity index (χ1v) is 14.9. The molecule has 0 spiro atoms. The molecule has 222 valence electrons. The molecule has 0 radical (unpaired) electrons. The van der Waals surface area contributed by atoms with Crippen molar-refractivity contribution < 1.29 is 32.9 Å². The van der Waals surface area contributed by atoms with Crippen LogP contribution >= 0.6 is 0 Å². The number of aromatic hydroxyl groups is 2. The molecular weight excluding hydrogens is 548 g/mol. The second kappa shape index (κ2) is 14.1. The van der Waals surface area contributed by atoms with Crippen LogP contribution in [0.25, 0.3) is 0 Å². The van der Waals surface area contributed by atoms with E-state index in [1.54, 1.807) is 43.5 Å². The van der Waals surface area contributed by atoms with Crippen LogP contribution in [-0.4, -0.2) is 76.6 Å². The molecule has 3 aromatic rings. The van der Waals surface area contributed by atoms with E-state index in [0.717, 1.165) is 18.4 Å². The van der Waals surface area contributed by atoms with E-state index in [-0.39, 0.29) is 30.3 Å². The van der Waals surface area contributed by atoms with Gasteiger partial charge in [0.05, 0.1) is 25.0 Å². The Hall–Kier alpha value is -4.00. The van der Waals surface area contributed by atoms with Gasteiger partial charge < -0.3 is 24.6 Å². The molecule has 0 heterocycles. The summed E-state index contributed by atoms with van der Waals surface area (Å²) >= 11 is 0. The SMILES string of the molecule is COc1ccc(C(C)C(=O)N(NCCc2ccc(O)c(NS(C)(=O)=O)c2O)c2ccc(OCCN(C)C)cc2)cc1. The number of likely N-dealkylation sites (N-methyl/N-ethyl adjacent to an activating group) is 1. The van der Waals surface area contributed by atoms with Crippen LogP contribution < -0.4 is 24.6 Å². The van der Waals surface area contributed by atoms with Crippen molar-refractivity contribution in [3.05, 3.63) is 71.8 Å². The number of phenolic OH excluding ortho intramolecular Hbond substituents is 2. The van der Waals surface area contributed by atoms with Gasteiger partial charge in [0, 0.05) is 13.1 Å². The van der Waals surface area contributed by atoms with Gasteiger partial charge in [-0.05, 0) is 81.0 Å². The van der Waals surface area contributed by atoms with E-state index >= 15 is 0 Å². The molecule has 0 saturated carbocycles. The van der Waals surface area contributed by atoms with Crippen molar-refractivity contribution in [2.24, 2.45) is 0 Å². The number of phenols is 2. The molecule has 41 heavy (non-hydrogen) atoms. The first kappa shape index (κ1) is 31.5. The molecule has 0 aliphatic carbocycles. The molecule has 12 heteroatoms. The minimum Gasteiger partial charge on any atom is -0.506 e. The van der Waals surface area contributed by atoms with Gasteiger partial charge in [-0.25, -0.2) is 18.9 Å². The fourth-order valence-corrected chi connectivity index (χ4v) is 4.55. The highest BCUT2D eigenvalue weighted by atomic mass is 32.2. The Morgan fingerprint density at radius 1 is 0.976 bits per heavy atom. The maximum atomic E-state index is 13.7. The molecule has 3 rings (SSSR count). The number of hydrogen-bond donors (Lipinski definition) is 4. The van der Waals surface area contributed by atoms with Gasteiger partial charge in [0.2, 0.25) is 15.9 Å². The fourth-order valence-electron chi connectivity index (χ4n) is 3.98. The van der Waals surface area contributed by atoms with Gasteiger partial charge in [-0.15, -0.1) is 0 Å². The Balaban J connectivity index is 1.81. The standard InChI is InChI=1S/C29H38N4O7S/c1-20(21-6-11-24(39-4)12-7-21)29(36)33(23-9-13-25(14-10-23)40-19-18-32(2)3)30-17-16-22-8-15-26(34)27(28(22)35)31-41(5,37)38/h6-15,20,30-31,34-35H,16-19H2,1-5H3. The molecule has 0 aromatic heterocycles. The first-order valence-electron chi connectivity index (χ1n) is 13.0. The number of ether oxygens (including phenoxy) is 2. The third-order valence-electron chi connectivity index (χ3n) is 6.30. The van der Waals surface area contributed by atoms with E-state index in [4.69, 9.17) is 9.47 Å². The van der Waals surface area contributed by atoms with Gasteiger partial charge in [-0.2, -0.15) is 0 Å². The minimum atomic E-state index is -3.73. The lowest BCUT2D eigenvalue weighted by atomic mass is 10.00. The molecule has 0 aliphatic rings. The quantitative estimate of drug-likeness (QED) is 0.165. The number of hydrogen-bond acceptors (Lipinski definition) is 9. The highest BCUT2D eigenvalue weighted by Crippen LogP contribution is 2.37. The average molecular weight is 587 g/mol. The summed E-state index contributed by atoms with van der Waals surface area (Å²) in [6.07, 6.45) is 1.14. The van der Waals surface area contributed by atoms with E-state index in [1.165, 1.54) is 17.1 Å². The van der Waals surface area contributed by atoms with Crippen LogP contribution in [0.1, 0.15) is 24.0 Å². The molecule has 3 aromatic carbocycles. The zero-order valence-corrected chi connectivity index (χ0v) is 24.7. The van der Waals surface area contributed by atoms with Crippen molar-refractivity contribution in [2.45, 2.75) is 19.3 Å².